The molecule has 2 heteroatoms. The van der Waals surface area contributed by atoms with Crippen LogP contribution in [0.5, 0.6) is 0 Å². The maximum Gasteiger partial charge on any atom is 0.202 e. The molecule has 0 saturated heterocycles. The standard InChI is InChI=1S/C10H19OS/c1-2-3-4-5-6-7-10(8-11)9-12/h10,12H,2-7,9H2,1H3. The van der Waals surface area contributed by atoms with E-state index in [1.54, 1.807) is 0 Å². The normalized spacial score (nSPS) is 12.8. The Kier molecular flexibility index (Phi) is 9.13. The Balaban J connectivity index is 3.12. The van der Waals surface area contributed by atoms with E-state index >= 15 is 0 Å². The highest BCUT2D eigenvalue weighted by atomic mass is 32.1. The van der Waals surface area contributed by atoms with Gasteiger partial charge in [0, 0.05) is 11.7 Å². The largest absolute Gasteiger partial charge is 0.291 e. The van der Waals surface area contributed by atoms with Crippen LogP contribution in [0.25, 0.3) is 0 Å². The molecule has 0 aromatic rings. The van der Waals surface area contributed by atoms with Gasteiger partial charge in [-0.1, -0.05) is 39.0 Å². The molecule has 0 rings (SSSR count). The van der Waals surface area contributed by atoms with Crippen molar-refractivity contribution in [2.75, 3.05) is 5.75 Å². The van der Waals surface area contributed by atoms with E-state index in [0.717, 1.165) is 12.8 Å². The molecule has 1 nitrogen and oxygen atoms in total. The molecule has 0 fully saturated rings. The summed E-state index contributed by atoms with van der Waals surface area (Å²) < 4.78 is 0. The quantitative estimate of drug-likeness (QED) is 0.456. The summed E-state index contributed by atoms with van der Waals surface area (Å²) in [6, 6.07) is 0. The van der Waals surface area contributed by atoms with Crippen molar-refractivity contribution in [1.82, 2.24) is 0 Å². The lowest BCUT2D eigenvalue weighted by molar-refractivity contribution is 0.506. The molecular formula is C10H19OS. The van der Waals surface area contributed by atoms with E-state index in [1.807, 2.05) is 6.29 Å². The molecule has 0 aliphatic rings. The van der Waals surface area contributed by atoms with Gasteiger partial charge < -0.3 is 0 Å². The SMILES string of the molecule is CCCCCCCC([C]=O)CS. The van der Waals surface area contributed by atoms with Gasteiger partial charge in [0.1, 0.15) is 0 Å². The Morgan fingerprint density at radius 3 is 2.42 bits per heavy atom. The van der Waals surface area contributed by atoms with Crippen LogP contribution >= 0.6 is 12.6 Å². The topological polar surface area (TPSA) is 17.1 Å². The second kappa shape index (κ2) is 9.11. The van der Waals surface area contributed by atoms with Crippen LogP contribution in [-0.4, -0.2) is 12.0 Å². The van der Waals surface area contributed by atoms with Crippen LogP contribution in [-0.2, 0) is 4.79 Å². The Bertz CT molecular complexity index is 104. The molecule has 0 amide bonds. The summed E-state index contributed by atoms with van der Waals surface area (Å²) in [4.78, 5) is 10.3. The number of hydrogen-bond donors (Lipinski definition) is 1. The summed E-state index contributed by atoms with van der Waals surface area (Å²) in [5.74, 6) is 0.715. The number of thiol groups is 1. The van der Waals surface area contributed by atoms with Crippen LogP contribution in [0.1, 0.15) is 45.4 Å². The molecule has 0 aliphatic heterocycles. The van der Waals surface area contributed by atoms with Gasteiger partial charge in [-0.3, -0.25) is 4.79 Å². The third-order valence-electron chi connectivity index (χ3n) is 2.04. The zero-order valence-corrected chi connectivity index (χ0v) is 8.78. The summed E-state index contributed by atoms with van der Waals surface area (Å²) >= 11 is 4.08. The number of unbranched alkanes of at least 4 members (excludes halogenated alkanes) is 4. The average molecular weight is 187 g/mol. The predicted molar refractivity (Wildman–Crippen MR) is 56.4 cm³/mol. The lowest BCUT2D eigenvalue weighted by atomic mass is 10.0. The first kappa shape index (κ1) is 12.0. The molecule has 0 aliphatic carbocycles. The predicted octanol–water partition coefficient (Wildman–Crippen LogP) is 3.00. The average Bonchev–Trinajstić information content (AvgIpc) is 2.11. The second-order valence-electron chi connectivity index (χ2n) is 3.20. The zero-order chi connectivity index (χ0) is 9.23. The van der Waals surface area contributed by atoms with Gasteiger partial charge in [0.05, 0.1) is 0 Å². The smallest absolute Gasteiger partial charge is 0.202 e. The van der Waals surface area contributed by atoms with E-state index in [-0.39, 0.29) is 5.92 Å². The Morgan fingerprint density at radius 2 is 1.92 bits per heavy atom. The summed E-state index contributed by atoms with van der Waals surface area (Å²) in [5.41, 5.74) is 0. The highest BCUT2D eigenvalue weighted by molar-refractivity contribution is 7.80. The second-order valence-corrected chi connectivity index (χ2v) is 3.57. The molecular weight excluding hydrogens is 168 g/mol. The summed E-state index contributed by atoms with van der Waals surface area (Å²) in [6.45, 7) is 2.20. The number of hydrogen-bond acceptors (Lipinski definition) is 2. The third kappa shape index (κ3) is 6.71. The number of carbonyl (C=O) groups excluding carboxylic acids is 1. The highest BCUT2D eigenvalue weighted by Gasteiger charge is 2.04. The van der Waals surface area contributed by atoms with E-state index < -0.39 is 0 Å². The van der Waals surface area contributed by atoms with E-state index in [2.05, 4.69) is 19.6 Å². The van der Waals surface area contributed by atoms with Gasteiger partial charge in [0.25, 0.3) is 0 Å². The summed E-state index contributed by atoms with van der Waals surface area (Å²) in [7, 11) is 0. The molecule has 0 spiro atoms. The minimum atomic E-state index is 0.0648. The van der Waals surface area contributed by atoms with Crippen molar-refractivity contribution < 1.29 is 4.79 Å². The first-order chi connectivity index (χ1) is 5.85. The van der Waals surface area contributed by atoms with Crippen LogP contribution in [0.15, 0.2) is 0 Å². The van der Waals surface area contributed by atoms with E-state index in [9.17, 15) is 4.79 Å². The molecule has 1 unspecified atom stereocenters. The van der Waals surface area contributed by atoms with Crippen LogP contribution in [0, 0.1) is 5.92 Å². The summed E-state index contributed by atoms with van der Waals surface area (Å²) in [6.07, 6.45) is 9.28. The van der Waals surface area contributed by atoms with Crippen molar-refractivity contribution in [2.24, 2.45) is 5.92 Å². The molecule has 71 valence electrons. The van der Waals surface area contributed by atoms with Crippen LogP contribution < -0.4 is 0 Å². The molecule has 1 radical (unpaired) electrons. The molecule has 0 bridgehead atoms. The molecule has 0 aromatic carbocycles. The van der Waals surface area contributed by atoms with E-state index in [4.69, 9.17) is 0 Å². The van der Waals surface area contributed by atoms with E-state index in [1.165, 1.54) is 25.7 Å². The maximum absolute atomic E-state index is 10.3. The molecule has 12 heavy (non-hydrogen) atoms. The molecule has 0 saturated carbocycles. The Labute approximate surface area is 81.3 Å². The molecule has 0 aromatic heterocycles. The van der Waals surface area contributed by atoms with Gasteiger partial charge in [-0.25, -0.2) is 0 Å². The first-order valence-electron chi connectivity index (χ1n) is 4.83. The first-order valence-corrected chi connectivity index (χ1v) is 5.47. The molecule has 0 N–H and O–H groups in total. The fourth-order valence-electron chi connectivity index (χ4n) is 1.18. The van der Waals surface area contributed by atoms with Crippen molar-refractivity contribution in [3.63, 3.8) is 0 Å². The van der Waals surface area contributed by atoms with Gasteiger partial charge in [-0.15, -0.1) is 0 Å². The minimum Gasteiger partial charge on any atom is -0.291 e. The molecule has 1 atom stereocenters. The van der Waals surface area contributed by atoms with Crippen molar-refractivity contribution in [3.8, 4) is 0 Å². The minimum absolute atomic E-state index is 0.0648. The van der Waals surface area contributed by atoms with Crippen molar-refractivity contribution in [3.05, 3.63) is 0 Å². The summed E-state index contributed by atoms with van der Waals surface area (Å²) in [5, 5.41) is 0. The fourth-order valence-corrected chi connectivity index (χ4v) is 1.44. The van der Waals surface area contributed by atoms with Crippen LogP contribution in [0.4, 0.5) is 0 Å². The van der Waals surface area contributed by atoms with Crippen molar-refractivity contribution in [2.45, 2.75) is 45.4 Å². The van der Waals surface area contributed by atoms with Gasteiger partial charge >= 0.3 is 0 Å². The molecule has 0 heterocycles. The fraction of sp³-hybridized carbons (Fsp3) is 0.900. The monoisotopic (exact) mass is 187 g/mol. The van der Waals surface area contributed by atoms with Gasteiger partial charge in [-0.05, 0) is 6.42 Å². The Morgan fingerprint density at radius 1 is 1.25 bits per heavy atom. The van der Waals surface area contributed by atoms with Crippen molar-refractivity contribution >= 4 is 18.9 Å². The lowest BCUT2D eigenvalue weighted by Crippen LogP contribution is -2.03. The van der Waals surface area contributed by atoms with Gasteiger partial charge in [0.15, 0.2) is 0 Å². The van der Waals surface area contributed by atoms with Crippen LogP contribution in [0.2, 0.25) is 0 Å². The van der Waals surface area contributed by atoms with Crippen molar-refractivity contribution in [1.29, 1.82) is 0 Å². The highest BCUT2D eigenvalue weighted by Crippen LogP contribution is 2.10. The lowest BCUT2D eigenvalue weighted by Gasteiger charge is -2.04. The van der Waals surface area contributed by atoms with E-state index in [0.29, 0.717) is 5.75 Å². The maximum atomic E-state index is 10.3. The van der Waals surface area contributed by atoms with Gasteiger partial charge in [-0.2, -0.15) is 12.6 Å². The van der Waals surface area contributed by atoms with Crippen LogP contribution in [0.3, 0.4) is 0 Å². The van der Waals surface area contributed by atoms with Gasteiger partial charge in [0.2, 0.25) is 6.29 Å². The number of rotatable bonds is 8. The zero-order valence-electron chi connectivity index (χ0n) is 7.88. The third-order valence-corrected chi connectivity index (χ3v) is 2.48. The Hall–Kier alpha value is 0.0200.